The van der Waals surface area contributed by atoms with Gasteiger partial charge in [0.2, 0.25) is 11.0 Å². The van der Waals surface area contributed by atoms with Gasteiger partial charge < -0.3 is 19.9 Å². The zero-order valence-electron chi connectivity index (χ0n) is 16.6. The Balaban J connectivity index is 1.23. The van der Waals surface area contributed by atoms with Crippen LogP contribution in [-0.4, -0.2) is 71.7 Å². The summed E-state index contributed by atoms with van der Waals surface area (Å²) >= 11 is 2.99. The fraction of sp³-hybridized carbons (Fsp3) is 0.550. The SMILES string of the molecule is C[C@@H](Sc1nnc(NC[C@@H]2CCCO2)s1)C(=O)N1CCN(c2ccccc2)CC1. The summed E-state index contributed by atoms with van der Waals surface area (Å²) in [6, 6.07) is 10.4. The Kier molecular flexibility index (Phi) is 6.89. The second-order valence-electron chi connectivity index (χ2n) is 7.30. The van der Waals surface area contributed by atoms with E-state index in [9.17, 15) is 4.79 Å². The van der Waals surface area contributed by atoms with Crippen molar-refractivity contribution < 1.29 is 9.53 Å². The van der Waals surface area contributed by atoms with E-state index in [1.54, 1.807) is 0 Å². The van der Waals surface area contributed by atoms with E-state index in [1.807, 2.05) is 17.9 Å². The van der Waals surface area contributed by atoms with Crippen molar-refractivity contribution in [3.63, 3.8) is 0 Å². The van der Waals surface area contributed by atoms with Gasteiger partial charge in [0.25, 0.3) is 0 Å². The minimum absolute atomic E-state index is 0.169. The molecule has 2 saturated heterocycles. The molecule has 2 atom stereocenters. The van der Waals surface area contributed by atoms with Crippen LogP contribution >= 0.6 is 23.1 Å². The zero-order valence-corrected chi connectivity index (χ0v) is 18.3. The molecule has 7 nitrogen and oxygen atoms in total. The van der Waals surface area contributed by atoms with Gasteiger partial charge in [-0.3, -0.25) is 4.79 Å². The van der Waals surface area contributed by atoms with Crippen LogP contribution < -0.4 is 10.2 Å². The highest BCUT2D eigenvalue weighted by Gasteiger charge is 2.26. The number of amides is 1. The molecule has 1 aromatic heterocycles. The van der Waals surface area contributed by atoms with Gasteiger partial charge in [0.15, 0.2) is 4.34 Å². The fourth-order valence-electron chi connectivity index (χ4n) is 3.62. The van der Waals surface area contributed by atoms with Gasteiger partial charge in [-0.1, -0.05) is 41.3 Å². The van der Waals surface area contributed by atoms with E-state index in [0.29, 0.717) is 0 Å². The number of hydrogen-bond donors (Lipinski definition) is 1. The van der Waals surface area contributed by atoms with Crippen molar-refractivity contribution in [1.29, 1.82) is 0 Å². The third-order valence-electron chi connectivity index (χ3n) is 5.25. The van der Waals surface area contributed by atoms with E-state index in [-0.39, 0.29) is 17.3 Å². The number of aromatic nitrogens is 2. The van der Waals surface area contributed by atoms with Crippen molar-refractivity contribution in [1.82, 2.24) is 15.1 Å². The van der Waals surface area contributed by atoms with Crippen molar-refractivity contribution in [3.05, 3.63) is 30.3 Å². The molecule has 1 amide bonds. The van der Waals surface area contributed by atoms with Crippen LogP contribution in [0.5, 0.6) is 0 Å². The number of nitrogens with one attached hydrogen (secondary N) is 1. The number of piperazine rings is 1. The number of anilines is 2. The molecule has 0 aliphatic carbocycles. The first-order valence-corrected chi connectivity index (χ1v) is 11.8. The van der Waals surface area contributed by atoms with Gasteiger partial charge in [-0.15, -0.1) is 10.2 Å². The van der Waals surface area contributed by atoms with Crippen LogP contribution in [0, 0.1) is 0 Å². The molecule has 156 valence electrons. The van der Waals surface area contributed by atoms with Gasteiger partial charge in [0.05, 0.1) is 11.4 Å². The average molecular weight is 434 g/mol. The van der Waals surface area contributed by atoms with Gasteiger partial charge in [-0.2, -0.15) is 0 Å². The molecule has 29 heavy (non-hydrogen) atoms. The molecule has 0 saturated carbocycles. The molecule has 0 unspecified atom stereocenters. The van der Waals surface area contributed by atoms with Gasteiger partial charge in [0, 0.05) is 45.0 Å². The Morgan fingerprint density at radius 3 is 2.79 bits per heavy atom. The summed E-state index contributed by atoms with van der Waals surface area (Å²) in [5.41, 5.74) is 1.22. The maximum atomic E-state index is 12.9. The Labute approximate surface area is 179 Å². The Morgan fingerprint density at radius 2 is 2.07 bits per heavy atom. The maximum absolute atomic E-state index is 12.9. The van der Waals surface area contributed by atoms with Crippen molar-refractivity contribution in [2.45, 2.75) is 35.5 Å². The first kappa shape index (κ1) is 20.4. The number of thioether (sulfide) groups is 1. The monoisotopic (exact) mass is 433 g/mol. The minimum Gasteiger partial charge on any atom is -0.376 e. The number of ether oxygens (including phenoxy) is 1. The molecule has 0 radical (unpaired) electrons. The average Bonchev–Trinajstić information content (AvgIpc) is 3.44. The van der Waals surface area contributed by atoms with E-state index >= 15 is 0 Å². The zero-order chi connectivity index (χ0) is 20.1. The van der Waals surface area contributed by atoms with Gasteiger partial charge in [-0.05, 0) is 31.9 Å². The smallest absolute Gasteiger partial charge is 0.235 e. The van der Waals surface area contributed by atoms with Crippen LogP contribution in [0.4, 0.5) is 10.8 Å². The summed E-state index contributed by atoms with van der Waals surface area (Å²) in [6.45, 7) is 6.80. The molecule has 1 N–H and O–H groups in total. The lowest BCUT2D eigenvalue weighted by Gasteiger charge is -2.37. The number of carbonyl (C=O) groups is 1. The highest BCUT2D eigenvalue weighted by Crippen LogP contribution is 2.30. The summed E-state index contributed by atoms with van der Waals surface area (Å²) in [7, 11) is 0. The van der Waals surface area contributed by atoms with Crippen LogP contribution in [0.2, 0.25) is 0 Å². The fourth-order valence-corrected chi connectivity index (χ4v) is 5.60. The third kappa shape index (κ3) is 5.40. The number of carbonyl (C=O) groups excluding carboxylic acids is 1. The Bertz CT molecular complexity index is 789. The molecule has 2 aliphatic heterocycles. The van der Waals surface area contributed by atoms with Crippen LogP contribution in [0.25, 0.3) is 0 Å². The van der Waals surface area contributed by atoms with Crippen LogP contribution in [-0.2, 0) is 9.53 Å². The van der Waals surface area contributed by atoms with Crippen molar-refractivity contribution in [2.75, 3.05) is 49.5 Å². The minimum atomic E-state index is -0.169. The van der Waals surface area contributed by atoms with E-state index in [2.05, 4.69) is 44.7 Å². The van der Waals surface area contributed by atoms with Crippen LogP contribution in [0.15, 0.2) is 34.7 Å². The third-order valence-corrected chi connectivity index (χ3v) is 7.30. The highest BCUT2D eigenvalue weighted by molar-refractivity contribution is 8.02. The predicted octanol–water partition coefficient (Wildman–Crippen LogP) is 2.96. The summed E-state index contributed by atoms with van der Waals surface area (Å²) in [5, 5.41) is 12.3. The van der Waals surface area contributed by atoms with E-state index in [1.165, 1.54) is 28.8 Å². The number of rotatable bonds is 7. The standard InChI is InChI=1S/C20H27N5O2S2/c1-15(28-20-23-22-19(29-20)21-14-17-8-5-13-27-17)18(26)25-11-9-24(10-12-25)16-6-3-2-4-7-16/h2-4,6-7,15,17H,5,8-14H2,1H3,(H,21,22)/t15-,17+/m1/s1. The quantitative estimate of drug-likeness (QED) is 0.673. The lowest BCUT2D eigenvalue weighted by atomic mass is 10.2. The second-order valence-corrected chi connectivity index (χ2v) is 9.86. The number of nitrogens with zero attached hydrogens (tertiary/aromatic N) is 4. The molecule has 0 bridgehead atoms. The van der Waals surface area contributed by atoms with Crippen molar-refractivity contribution in [2.24, 2.45) is 0 Å². The number of para-hydroxylation sites is 1. The molecule has 4 rings (SSSR count). The van der Waals surface area contributed by atoms with Crippen LogP contribution in [0.3, 0.4) is 0 Å². The maximum Gasteiger partial charge on any atom is 0.235 e. The first-order valence-electron chi connectivity index (χ1n) is 10.1. The lowest BCUT2D eigenvalue weighted by molar-refractivity contribution is -0.130. The first-order chi connectivity index (χ1) is 14.2. The van der Waals surface area contributed by atoms with Gasteiger partial charge in [-0.25, -0.2) is 0 Å². The molecule has 2 aromatic rings. The second kappa shape index (κ2) is 9.77. The molecule has 2 fully saturated rings. The molecule has 2 aliphatic rings. The van der Waals surface area contributed by atoms with Gasteiger partial charge >= 0.3 is 0 Å². The predicted molar refractivity (Wildman–Crippen MR) is 118 cm³/mol. The number of benzene rings is 1. The molecule has 1 aromatic carbocycles. The molecule has 3 heterocycles. The Morgan fingerprint density at radius 1 is 1.28 bits per heavy atom. The van der Waals surface area contributed by atoms with Gasteiger partial charge in [0.1, 0.15) is 0 Å². The topological polar surface area (TPSA) is 70.6 Å². The number of hydrogen-bond acceptors (Lipinski definition) is 8. The summed E-state index contributed by atoms with van der Waals surface area (Å²) in [6.07, 6.45) is 2.49. The summed E-state index contributed by atoms with van der Waals surface area (Å²) in [4.78, 5) is 17.2. The van der Waals surface area contributed by atoms with Crippen molar-refractivity contribution in [3.8, 4) is 0 Å². The Hall–Kier alpha value is -1.84. The molecular formula is C20H27N5O2S2. The highest BCUT2D eigenvalue weighted by atomic mass is 32.2. The molecular weight excluding hydrogens is 406 g/mol. The largest absolute Gasteiger partial charge is 0.376 e. The van der Waals surface area contributed by atoms with E-state index in [4.69, 9.17) is 4.74 Å². The summed E-state index contributed by atoms with van der Waals surface area (Å²) in [5.74, 6) is 0.173. The molecule has 9 heteroatoms. The molecule has 0 spiro atoms. The summed E-state index contributed by atoms with van der Waals surface area (Å²) < 4.78 is 6.44. The lowest BCUT2D eigenvalue weighted by Crippen LogP contribution is -2.50. The van der Waals surface area contributed by atoms with Crippen molar-refractivity contribution >= 4 is 39.8 Å². The van der Waals surface area contributed by atoms with Crippen LogP contribution in [0.1, 0.15) is 19.8 Å². The van der Waals surface area contributed by atoms with E-state index < -0.39 is 0 Å². The van der Waals surface area contributed by atoms with E-state index in [0.717, 1.165) is 61.6 Å². The normalized spacial score (nSPS) is 20.7.